The van der Waals surface area contributed by atoms with E-state index in [1.807, 2.05) is 0 Å². The van der Waals surface area contributed by atoms with E-state index in [-0.39, 0.29) is 0 Å². The summed E-state index contributed by atoms with van der Waals surface area (Å²) in [6, 6.07) is 65.3. The molecule has 388 valence electrons. The Balaban J connectivity index is 0.000000309. The predicted molar refractivity (Wildman–Crippen MR) is 332 cm³/mol. The van der Waals surface area contributed by atoms with Crippen LogP contribution in [0.5, 0.6) is 0 Å². The van der Waals surface area contributed by atoms with Crippen LogP contribution in [0.2, 0.25) is 13.1 Å². The second-order valence-corrected chi connectivity index (χ2v) is 25.5. The van der Waals surface area contributed by atoms with Crippen LogP contribution in [0.25, 0.3) is 65.3 Å². The van der Waals surface area contributed by atoms with Crippen molar-refractivity contribution in [2.45, 2.75) is 106 Å². The van der Waals surface area contributed by atoms with Gasteiger partial charge in [-0.15, -0.1) is 138 Å². The van der Waals surface area contributed by atoms with Crippen molar-refractivity contribution < 1.29 is 41.7 Å². The number of aryl methyl sites for hydroxylation is 4. The SMILES string of the molecule is C[Si].C[Si].Cc1cc2c(-c3ccccc3)cccc2[cH-]1.Cc1cc2c(-c3ccccc3)cccc2[cH-]1.Cc1cc2c(C(C)C)cccc2[cH-]1.Cc1cc2c(C(C)C)cccc2[cH-]1.[CH2-]CCCC[CH2-].[Cl][Zr][Cl].[Cl][Zr][Cl]. The Labute approximate surface area is 491 Å². The molecule has 10 rings (SSSR count). The van der Waals surface area contributed by atoms with E-state index in [9.17, 15) is 0 Å². The van der Waals surface area contributed by atoms with Crippen molar-refractivity contribution >= 4 is 97.6 Å². The van der Waals surface area contributed by atoms with Crippen molar-refractivity contribution in [1.29, 1.82) is 0 Å². The molecule has 0 amide bonds. The van der Waals surface area contributed by atoms with Gasteiger partial charge in [-0.25, -0.2) is 0 Å². The average Bonchev–Trinajstić information content (AvgIpc) is 4.21. The maximum absolute atomic E-state index is 4.93. The summed E-state index contributed by atoms with van der Waals surface area (Å²) >= 11 is -1.65. The van der Waals surface area contributed by atoms with Crippen molar-refractivity contribution in [3.63, 3.8) is 0 Å². The zero-order valence-electron chi connectivity index (χ0n) is 45.2. The molecule has 0 aliphatic carbocycles. The molecule has 0 saturated carbocycles. The molecule has 0 nitrogen and oxygen atoms in total. The number of rotatable bonds is 7. The van der Waals surface area contributed by atoms with Crippen molar-refractivity contribution in [1.82, 2.24) is 0 Å². The van der Waals surface area contributed by atoms with E-state index in [1.165, 1.54) is 112 Å². The van der Waals surface area contributed by atoms with E-state index in [0.29, 0.717) is 11.8 Å². The molecular formula is C66H74Cl4Si2Zr2-6. The molecule has 0 saturated heterocycles. The van der Waals surface area contributed by atoms with Crippen LogP contribution in [0.1, 0.15) is 98.6 Å². The minimum atomic E-state index is -0.826. The van der Waals surface area contributed by atoms with E-state index >= 15 is 0 Å². The molecule has 0 atom stereocenters. The van der Waals surface area contributed by atoms with Gasteiger partial charge in [0.2, 0.25) is 0 Å². The summed E-state index contributed by atoms with van der Waals surface area (Å²) in [5, 5.41) is 11.0. The molecule has 0 spiro atoms. The molecule has 8 heteroatoms. The van der Waals surface area contributed by atoms with Gasteiger partial charge in [0.15, 0.2) is 0 Å². The number of halogens is 4. The Hall–Kier alpha value is -2.88. The van der Waals surface area contributed by atoms with Crippen LogP contribution in [0.4, 0.5) is 0 Å². The van der Waals surface area contributed by atoms with Gasteiger partial charge in [-0.1, -0.05) is 189 Å². The summed E-state index contributed by atoms with van der Waals surface area (Å²) in [6.45, 7) is 28.6. The molecule has 0 unspecified atom stereocenters. The molecule has 0 fully saturated rings. The molecule has 0 aromatic heterocycles. The van der Waals surface area contributed by atoms with E-state index in [2.05, 4.69) is 272 Å². The first-order valence-corrected chi connectivity index (χ1v) is 39.7. The van der Waals surface area contributed by atoms with Crippen molar-refractivity contribution in [2.75, 3.05) is 0 Å². The van der Waals surface area contributed by atoms with Crippen LogP contribution in [0.15, 0.2) is 182 Å². The molecule has 74 heavy (non-hydrogen) atoms. The topological polar surface area (TPSA) is 0 Å². The minimum absolute atomic E-state index is 0.616. The van der Waals surface area contributed by atoms with Crippen LogP contribution in [-0.4, -0.2) is 20.5 Å². The maximum atomic E-state index is 4.93. The molecule has 0 bridgehead atoms. The fourth-order valence-corrected chi connectivity index (χ4v) is 8.69. The van der Waals surface area contributed by atoms with Crippen LogP contribution >= 0.6 is 34.1 Å². The van der Waals surface area contributed by atoms with Gasteiger partial charge >= 0.3 is 75.7 Å². The molecular weight excluding hydrogens is 1170 g/mol. The normalized spacial score (nSPS) is 9.95. The van der Waals surface area contributed by atoms with Gasteiger partial charge in [-0.3, -0.25) is 0 Å². The molecule has 10 aromatic rings. The van der Waals surface area contributed by atoms with Gasteiger partial charge in [-0.05, 0) is 23.0 Å². The van der Waals surface area contributed by atoms with Crippen molar-refractivity contribution in [3.8, 4) is 22.3 Å². The standard InChI is InChI=1S/2C16H13.2C13H15.C6H12.2CH3Si.4ClH.2Zr/c2*1-12-10-14-8-5-9-15(16(14)11-12)13-6-3-2-4-7-13;2*1-9(2)12-6-4-5-11-7-10(3)8-13(11)12;1-3-5-6-4-2;2*1-2;;;;;;/h2*2-11H,1H3;2*4-9H,1-3H3;1-6H2;2*1H3;4*1H;;/q4*-1;-2;;;;;;;2*+2/p-4. The number of hydrogen-bond donors (Lipinski definition) is 0. The number of unbranched alkanes of at least 4 members (excludes halogenated alkanes) is 3. The Morgan fingerprint density at radius 2 is 0.649 bits per heavy atom. The van der Waals surface area contributed by atoms with Crippen molar-refractivity contribution in [3.05, 3.63) is 229 Å². The summed E-state index contributed by atoms with van der Waals surface area (Å²) in [5.74, 6) is 1.23. The summed E-state index contributed by atoms with van der Waals surface area (Å²) in [5.41, 5.74) is 13.5. The van der Waals surface area contributed by atoms with Gasteiger partial charge in [0.05, 0.1) is 0 Å². The Morgan fingerprint density at radius 3 is 0.919 bits per heavy atom. The molecule has 6 radical (unpaired) electrons. The Bertz CT molecular complexity index is 2810. The van der Waals surface area contributed by atoms with Gasteiger partial charge in [0, 0.05) is 20.5 Å². The second-order valence-electron chi connectivity index (χ2n) is 18.0. The first-order chi connectivity index (χ1) is 35.8. The van der Waals surface area contributed by atoms with E-state index in [4.69, 9.17) is 34.1 Å². The zero-order chi connectivity index (χ0) is 55.0. The average molecular weight is 1250 g/mol. The quantitative estimate of drug-likeness (QED) is 0.0848. The summed E-state index contributed by atoms with van der Waals surface area (Å²) in [7, 11) is 25.7. The first kappa shape index (κ1) is 67.2. The van der Waals surface area contributed by atoms with Gasteiger partial charge in [0.1, 0.15) is 0 Å². The summed E-state index contributed by atoms with van der Waals surface area (Å²) in [6.07, 6.45) is 4.61. The molecule has 10 aromatic carbocycles. The number of hydrogen-bond acceptors (Lipinski definition) is 0. The molecule has 0 aliphatic rings. The van der Waals surface area contributed by atoms with Crippen LogP contribution in [-0.2, 0) is 41.7 Å². The Kier molecular flexibility index (Phi) is 35.1. The number of benzene rings is 6. The van der Waals surface area contributed by atoms with Crippen LogP contribution < -0.4 is 0 Å². The third-order valence-corrected chi connectivity index (χ3v) is 11.8. The van der Waals surface area contributed by atoms with Crippen LogP contribution in [0.3, 0.4) is 0 Å². The van der Waals surface area contributed by atoms with Gasteiger partial charge in [-0.2, -0.15) is 37.1 Å². The van der Waals surface area contributed by atoms with Gasteiger partial charge in [0.25, 0.3) is 0 Å². The summed E-state index contributed by atoms with van der Waals surface area (Å²) in [4.78, 5) is 0. The van der Waals surface area contributed by atoms with E-state index in [0.717, 1.165) is 12.8 Å². The molecule has 0 aliphatic heterocycles. The zero-order valence-corrected chi connectivity index (χ0v) is 55.2. The fraction of sp³-hybridized carbons (Fsp3) is 0.242. The van der Waals surface area contributed by atoms with Gasteiger partial charge < -0.3 is 13.8 Å². The van der Waals surface area contributed by atoms with E-state index in [1.54, 1.807) is 13.1 Å². The second kappa shape index (κ2) is 38.6. The monoisotopic (exact) mass is 1240 g/mol. The Morgan fingerprint density at radius 1 is 0.392 bits per heavy atom. The fourth-order valence-electron chi connectivity index (χ4n) is 8.69. The van der Waals surface area contributed by atoms with Crippen LogP contribution in [0, 0.1) is 41.5 Å². The van der Waals surface area contributed by atoms with Crippen molar-refractivity contribution in [2.24, 2.45) is 0 Å². The third kappa shape index (κ3) is 22.2. The molecule has 0 heterocycles. The first-order valence-electron chi connectivity index (χ1n) is 25.1. The van der Waals surface area contributed by atoms with E-state index < -0.39 is 41.7 Å². The summed E-state index contributed by atoms with van der Waals surface area (Å²) < 4.78 is 0. The molecule has 0 N–H and O–H groups in total. The number of fused-ring (bicyclic) bond motifs is 4. The predicted octanol–water partition coefficient (Wildman–Crippen LogP) is 22.4. The third-order valence-electron chi connectivity index (χ3n) is 11.8.